The highest BCUT2D eigenvalue weighted by atomic mass is 35.5. The molecule has 2 aliphatic heterocycles. The average Bonchev–Trinajstić information content (AvgIpc) is 3.17. The summed E-state index contributed by atoms with van der Waals surface area (Å²) in [6.07, 6.45) is 3.78. The van der Waals surface area contributed by atoms with Crippen LogP contribution < -0.4 is 5.32 Å². The number of nitrogens with zero attached hydrogens (tertiary/aromatic N) is 3. The molecule has 0 saturated carbocycles. The quantitative estimate of drug-likeness (QED) is 0.688. The van der Waals surface area contributed by atoms with Gasteiger partial charge >= 0.3 is 0 Å². The van der Waals surface area contributed by atoms with Gasteiger partial charge in [0.15, 0.2) is 0 Å². The van der Waals surface area contributed by atoms with Crippen LogP contribution in [-0.4, -0.2) is 21.3 Å². The lowest BCUT2D eigenvalue weighted by Crippen LogP contribution is -2.29. The Morgan fingerprint density at radius 3 is 2.81 bits per heavy atom. The second-order valence-electron chi connectivity index (χ2n) is 7.41. The largest absolute Gasteiger partial charge is 0.312 e. The van der Waals surface area contributed by atoms with E-state index >= 15 is 0 Å². The molecule has 3 aromatic rings. The summed E-state index contributed by atoms with van der Waals surface area (Å²) in [6.45, 7) is 2.73. The molecule has 0 radical (unpaired) electrons. The Hall–Kier alpha value is -1.88. The number of benzene rings is 2. The maximum atomic E-state index is 6.25. The van der Waals surface area contributed by atoms with Gasteiger partial charge in [-0.1, -0.05) is 47.5 Å². The third-order valence-corrected chi connectivity index (χ3v) is 6.57. The molecular formula is C21H20Cl2N4. The zero-order valence-electron chi connectivity index (χ0n) is 14.8. The van der Waals surface area contributed by atoms with E-state index in [0.717, 1.165) is 38.3 Å². The molecule has 0 aliphatic carbocycles. The Kier molecular flexibility index (Phi) is 4.43. The van der Waals surface area contributed by atoms with Crippen molar-refractivity contribution in [2.75, 3.05) is 6.54 Å². The summed E-state index contributed by atoms with van der Waals surface area (Å²) in [5.41, 5.74) is 5.36. The van der Waals surface area contributed by atoms with Crippen molar-refractivity contribution in [1.29, 1.82) is 0 Å². The molecule has 0 saturated heterocycles. The van der Waals surface area contributed by atoms with E-state index in [1.165, 1.54) is 22.3 Å². The second-order valence-corrected chi connectivity index (χ2v) is 8.22. The van der Waals surface area contributed by atoms with Crippen molar-refractivity contribution < 1.29 is 0 Å². The number of hydrogen-bond donors (Lipinski definition) is 1. The predicted molar refractivity (Wildman–Crippen MR) is 108 cm³/mol. The van der Waals surface area contributed by atoms with E-state index in [9.17, 15) is 0 Å². The first-order valence-electron chi connectivity index (χ1n) is 9.34. The Morgan fingerprint density at radius 2 is 1.93 bits per heavy atom. The van der Waals surface area contributed by atoms with Gasteiger partial charge in [0.25, 0.3) is 0 Å². The maximum Gasteiger partial charge on any atom is 0.138 e. The number of fused-ring (bicyclic) bond motifs is 2. The van der Waals surface area contributed by atoms with Crippen LogP contribution in [0.15, 0.2) is 42.7 Å². The van der Waals surface area contributed by atoms with Crippen molar-refractivity contribution in [2.24, 2.45) is 0 Å². The normalized spacial score (nSPS) is 21.6. The minimum atomic E-state index is 0.297. The van der Waals surface area contributed by atoms with Gasteiger partial charge in [0, 0.05) is 37.9 Å². The van der Waals surface area contributed by atoms with Crippen molar-refractivity contribution in [1.82, 2.24) is 20.1 Å². The molecule has 0 spiro atoms. The first-order chi connectivity index (χ1) is 13.2. The summed E-state index contributed by atoms with van der Waals surface area (Å²) in [6, 6.07) is 12.9. The first kappa shape index (κ1) is 17.2. The van der Waals surface area contributed by atoms with Gasteiger partial charge in [0.1, 0.15) is 12.2 Å². The molecule has 2 aromatic carbocycles. The fraction of sp³-hybridized carbons (Fsp3) is 0.333. The number of aryl methyl sites for hydroxylation is 1. The summed E-state index contributed by atoms with van der Waals surface area (Å²) in [5, 5.41) is 9.13. The molecule has 2 unspecified atom stereocenters. The zero-order valence-corrected chi connectivity index (χ0v) is 16.3. The first-order valence-corrected chi connectivity index (χ1v) is 10.1. The van der Waals surface area contributed by atoms with Gasteiger partial charge in [-0.05, 0) is 40.8 Å². The smallest absolute Gasteiger partial charge is 0.138 e. The molecule has 3 heterocycles. The molecule has 1 N–H and O–H groups in total. The van der Waals surface area contributed by atoms with Gasteiger partial charge in [0.05, 0.1) is 10.0 Å². The van der Waals surface area contributed by atoms with E-state index in [2.05, 4.69) is 39.7 Å². The molecule has 0 amide bonds. The van der Waals surface area contributed by atoms with Crippen molar-refractivity contribution in [3.63, 3.8) is 0 Å². The highest BCUT2D eigenvalue weighted by Gasteiger charge is 2.25. The van der Waals surface area contributed by atoms with E-state index in [0.29, 0.717) is 21.9 Å². The van der Waals surface area contributed by atoms with Crippen LogP contribution in [0.2, 0.25) is 10.0 Å². The lowest BCUT2D eigenvalue weighted by Gasteiger charge is -2.29. The molecular weight excluding hydrogens is 379 g/mol. The monoisotopic (exact) mass is 398 g/mol. The SMILES string of the molecule is Clc1ccc(C2CNCc3cc(C4CCc5ncnn5C4)ccc32)cc1Cl. The van der Waals surface area contributed by atoms with Gasteiger partial charge in [-0.2, -0.15) is 5.10 Å². The minimum absolute atomic E-state index is 0.297. The molecule has 27 heavy (non-hydrogen) atoms. The van der Waals surface area contributed by atoms with Gasteiger partial charge in [-0.15, -0.1) is 0 Å². The predicted octanol–water partition coefficient (Wildman–Crippen LogP) is 4.55. The van der Waals surface area contributed by atoms with Crippen molar-refractivity contribution in [3.05, 3.63) is 80.8 Å². The molecule has 138 valence electrons. The second kappa shape index (κ2) is 6.93. The lowest BCUT2D eigenvalue weighted by molar-refractivity contribution is 0.422. The number of aromatic nitrogens is 3. The zero-order chi connectivity index (χ0) is 18.4. The van der Waals surface area contributed by atoms with Crippen LogP contribution in [0, 0.1) is 0 Å². The van der Waals surface area contributed by atoms with Crippen LogP contribution in [0.4, 0.5) is 0 Å². The Morgan fingerprint density at radius 1 is 1.04 bits per heavy atom. The minimum Gasteiger partial charge on any atom is -0.312 e. The Bertz CT molecular complexity index is 998. The molecule has 2 atom stereocenters. The van der Waals surface area contributed by atoms with Crippen LogP contribution in [0.5, 0.6) is 0 Å². The topological polar surface area (TPSA) is 42.7 Å². The van der Waals surface area contributed by atoms with Crippen LogP contribution in [0.25, 0.3) is 0 Å². The third-order valence-electron chi connectivity index (χ3n) is 5.83. The van der Waals surface area contributed by atoms with Crippen LogP contribution in [0.1, 0.15) is 46.3 Å². The number of hydrogen-bond acceptors (Lipinski definition) is 3. The fourth-order valence-electron chi connectivity index (χ4n) is 4.37. The van der Waals surface area contributed by atoms with E-state index in [4.69, 9.17) is 23.2 Å². The standard InChI is InChI=1S/C21H20Cl2N4/c22-19-5-2-14(8-20(19)23)18-10-24-9-16-7-13(1-4-17(16)18)15-3-6-21-25-12-26-27(21)11-15/h1-2,4-5,7-8,12,15,18,24H,3,6,9-11H2. The van der Waals surface area contributed by atoms with Crippen LogP contribution in [-0.2, 0) is 19.5 Å². The van der Waals surface area contributed by atoms with E-state index < -0.39 is 0 Å². The molecule has 6 heteroatoms. The molecule has 1 aromatic heterocycles. The van der Waals surface area contributed by atoms with Gasteiger partial charge in [0.2, 0.25) is 0 Å². The van der Waals surface area contributed by atoms with E-state index in [1.54, 1.807) is 6.33 Å². The number of rotatable bonds is 2. The molecule has 5 rings (SSSR count). The summed E-state index contributed by atoms with van der Waals surface area (Å²) in [7, 11) is 0. The molecule has 0 bridgehead atoms. The lowest BCUT2D eigenvalue weighted by atomic mass is 9.82. The fourth-order valence-corrected chi connectivity index (χ4v) is 4.68. The Balaban J connectivity index is 1.46. The number of halogens is 2. The summed E-state index contributed by atoms with van der Waals surface area (Å²) in [4.78, 5) is 4.33. The van der Waals surface area contributed by atoms with E-state index in [1.807, 2.05) is 16.8 Å². The summed E-state index contributed by atoms with van der Waals surface area (Å²) < 4.78 is 2.05. The maximum absolute atomic E-state index is 6.25. The Labute approximate surface area is 168 Å². The average molecular weight is 399 g/mol. The van der Waals surface area contributed by atoms with E-state index in [-0.39, 0.29) is 0 Å². The molecule has 0 fully saturated rings. The summed E-state index contributed by atoms with van der Waals surface area (Å²) >= 11 is 12.3. The molecule has 2 aliphatic rings. The highest BCUT2D eigenvalue weighted by molar-refractivity contribution is 6.42. The summed E-state index contributed by atoms with van der Waals surface area (Å²) in [5.74, 6) is 1.89. The molecule has 4 nitrogen and oxygen atoms in total. The van der Waals surface area contributed by atoms with Gasteiger partial charge in [-0.25, -0.2) is 9.67 Å². The van der Waals surface area contributed by atoms with Gasteiger partial charge in [-0.3, -0.25) is 0 Å². The van der Waals surface area contributed by atoms with Crippen LogP contribution >= 0.6 is 23.2 Å². The van der Waals surface area contributed by atoms with Crippen molar-refractivity contribution >= 4 is 23.2 Å². The number of nitrogens with one attached hydrogen (secondary N) is 1. The van der Waals surface area contributed by atoms with Gasteiger partial charge < -0.3 is 5.32 Å². The van der Waals surface area contributed by atoms with Crippen LogP contribution in [0.3, 0.4) is 0 Å². The third kappa shape index (κ3) is 3.16. The highest BCUT2D eigenvalue weighted by Crippen LogP contribution is 2.36. The van der Waals surface area contributed by atoms with Crippen molar-refractivity contribution in [2.45, 2.75) is 37.8 Å². The van der Waals surface area contributed by atoms with Crippen molar-refractivity contribution in [3.8, 4) is 0 Å².